The van der Waals surface area contributed by atoms with Crippen LogP contribution in [0.3, 0.4) is 0 Å². The fraction of sp³-hybridized carbons (Fsp3) is 0.364. The monoisotopic (exact) mass is 347 g/mol. The van der Waals surface area contributed by atoms with E-state index in [9.17, 15) is 9.90 Å². The molecule has 0 bridgehead atoms. The van der Waals surface area contributed by atoms with E-state index in [2.05, 4.69) is 31.9 Å². The van der Waals surface area contributed by atoms with Crippen molar-refractivity contribution in [2.24, 2.45) is 0 Å². The molecule has 2 rings (SSSR count). The zero-order valence-corrected chi connectivity index (χ0v) is 11.7. The predicted octanol–water partition coefficient (Wildman–Crippen LogP) is 2.76. The van der Waals surface area contributed by atoms with Gasteiger partial charge in [-0.25, -0.2) is 0 Å². The molecule has 1 atom stereocenters. The molecule has 5 heteroatoms. The highest BCUT2D eigenvalue weighted by atomic mass is 79.9. The second-order valence-corrected chi connectivity index (χ2v) is 5.95. The summed E-state index contributed by atoms with van der Waals surface area (Å²) in [6.45, 7) is 1.50. The Morgan fingerprint density at radius 2 is 2.25 bits per heavy atom. The van der Waals surface area contributed by atoms with Crippen molar-refractivity contribution in [3.8, 4) is 5.75 Å². The minimum atomic E-state index is -0.0234. The number of nitrogens with zero attached hydrogens (tertiary/aromatic N) is 1. The zero-order chi connectivity index (χ0) is 11.7. The van der Waals surface area contributed by atoms with Gasteiger partial charge in [-0.2, -0.15) is 0 Å². The molecule has 86 valence electrons. The van der Waals surface area contributed by atoms with Crippen LogP contribution in [0.1, 0.15) is 16.8 Å². The quantitative estimate of drug-likeness (QED) is 0.793. The van der Waals surface area contributed by atoms with Gasteiger partial charge in [0, 0.05) is 23.5 Å². The van der Waals surface area contributed by atoms with Gasteiger partial charge in [0.2, 0.25) is 0 Å². The SMILES string of the molecule is O=C(c1ccc(Br)c(O)c1)N1CCC(Br)C1. The summed E-state index contributed by atoms with van der Waals surface area (Å²) in [6, 6.07) is 4.89. The van der Waals surface area contributed by atoms with Crippen LogP contribution in [0, 0.1) is 0 Å². The van der Waals surface area contributed by atoms with Gasteiger partial charge in [-0.15, -0.1) is 0 Å². The lowest BCUT2D eigenvalue weighted by Gasteiger charge is -2.15. The predicted molar refractivity (Wildman–Crippen MR) is 69.0 cm³/mol. The molecule has 0 aliphatic carbocycles. The number of alkyl halides is 1. The molecule has 1 aliphatic heterocycles. The summed E-state index contributed by atoms with van der Waals surface area (Å²) in [5, 5.41) is 9.52. The van der Waals surface area contributed by atoms with Crippen molar-refractivity contribution < 1.29 is 9.90 Å². The van der Waals surface area contributed by atoms with Crippen molar-refractivity contribution in [1.82, 2.24) is 4.90 Å². The van der Waals surface area contributed by atoms with Crippen LogP contribution < -0.4 is 0 Å². The molecule has 1 N–H and O–H groups in total. The summed E-state index contributed by atoms with van der Waals surface area (Å²) in [5.74, 6) is 0.0742. The molecule has 1 aliphatic rings. The first-order chi connectivity index (χ1) is 7.58. The molecule has 0 saturated carbocycles. The van der Waals surface area contributed by atoms with Gasteiger partial charge >= 0.3 is 0 Å². The highest BCUT2D eigenvalue weighted by molar-refractivity contribution is 9.10. The highest BCUT2D eigenvalue weighted by Gasteiger charge is 2.25. The first-order valence-electron chi connectivity index (χ1n) is 5.00. The van der Waals surface area contributed by atoms with E-state index >= 15 is 0 Å². The summed E-state index contributed by atoms with van der Waals surface area (Å²) in [7, 11) is 0. The van der Waals surface area contributed by atoms with E-state index in [0.29, 0.717) is 14.9 Å². The van der Waals surface area contributed by atoms with Gasteiger partial charge in [-0.3, -0.25) is 4.79 Å². The van der Waals surface area contributed by atoms with Crippen LogP contribution in [0.15, 0.2) is 22.7 Å². The van der Waals surface area contributed by atoms with Crippen LogP contribution in [-0.2, 0) is 0 Å². The number of rotatable bonds is 1. The largest absolute Gasteiger partial charge is 0.507 e. The van der Waals surface area contributed by atoms with Crippen molar-refractivity contribution in [2.75, 3.05) is 13.1 Å². The smallest absolute Gasteiger partial charge is 0.254 e. The lowest BCUT2D eigenvalue weighted by Crippen LogP contribution is -2.28. The fourth-order valence-corrected chi connectivity index (χ4v) is 2.53. The van der Waals surface area contributed by atoms with E-state index in [0.717, 1.165) is 19.5 Å². The van der Waals surface area contributed by atoms with Crippen LogP contribution in [0.25, 0.3) is 0 Å². The van der Waals surface area contributed by atoms with E-state index in [1.165, 1.54) is 6.07 Å². The van der Waals surface area contributed by atoms with Crippen molar-refractivity contribution >= 4 is 37.8 Å². The summed E-state index contributed by atoms with van der Waals surface area (Å²) in [5.41, 5.74) is 0.530. The lowest BCUT2D eigenvalue weighted by molar-refractivity contribution is 0.0793. The third kappa shape index (κ3) is 2.40. The molecule has 1 amide bonds. The summed E-state index contributed by atoms with van der Waals surface area (Å²) in [4.78, 5) is 14.2. The third-order valence-corrected chi connectivity index (χ3v) is 4.03. The normalized spacial score (nSPS) is 20.1. The molecule has 3 nitrogen and oxygen atoms in total. The Labute approximate surface area is 111 Å². The second-order valence-electron chi connectivity index (χ2n) is 3.80. The molecule has 1 fully saturated rings. The van der Waals surface area contributed by atoms with Crippen LogP contribution in [-0.4, -0.2) is 33.8 Å². The standard InChI is InChI=1S/C11H11Br2NO2/c12-8-3-4-14(6-8)11(16)7-1-2-9(13)10(15)5-7/h1-2,5,8,15H,3-4,6H2. The molecule has 1 saturated heterocycles. The van der Waals surface area contributed by atoms with Crippen LogP contribution in [0.4, 0.5) is 0 Å². The number of carbonyl (C=O) groups is 1. The Bertz CT molecular complexity index is 422. The van der Waals surface area contributed by atoms with E-state index < -0.39 is 0 Å². The van der Waals surface area contributed by atoms with Gasteiger partial charge in [0.05, 0.1) is 4.47 Å². The number of hydrogen-bond donors (Lipinski definition) is 1. The van der Waals surface area contributed by atoms with Crippen molar-refractivity contribution in [2.45, 2.75) is 11.2 Å². The topological polar surface area (TPSA) is 40.5 Å². The number of amides is 1. The number of phenols is 1. The Hall–Kier alpha value is -0.550. The number of benzene rings is 1. The summed E-state index contributed by atoms with van der Waals surface area (Å²) < 4.78 is 0.601. The van der Waals surface area contributed by atoms with Gasteiger partial charge in [0.1, 0.15) is 5.75 Å². The highest BCUT2D eigenvalue weighted by Crippen LogP contribution is 2.26. The van der Waals surface area contributed by atoms with Crippen LogP contribution in [0.2, 0.25) is 0 Å². The minimum absolute atomic E-state index is 0.0234. The summed E-state index contributed by atoms with van der Waals surface area (Å²) in [6.07, 6.45) is 0.980. The van der Waals surface area contributed by atoms with Crippen molar-refractivity contribution in [3.63, 3.8) is 0 Å². The van der Waals surface area contributed by atoms with Gasteiger partial charge in [0.25, 0.3) is 5.91 Å². The molecule has 0 spiro atoms. The van der Waals surface area contributed by atoms with E-state index in [1.807, 2.05) is 0 Å². The third-order valence-electron chi connectivity index (χ3n) is 2.61. The molecule has 0 aromatic heterocycles. The maximum absolute atomic E-state index is 12.0. The first-order valence-corrected chi connectivity index (χ1v) is 6.70. The first kappa shape index (κ1) is 11.9. The molecule has 0 radical (unpaired) electrons. The van der Waals surface area contributed by atoms with Gasteiger partial charge in [-0.05, 0) is 40.5 Å². The Morgan fingerprint density at radius 3 is 2.81 bits per heavy atom. The van der Waals surface area contributed by atoms with Gasteiger partial charge < -0.3 is 10.0 Å². The number of carbonyl (C=O) groups excluding carboxylic acids is 1. The van der Waals surface area contributed by atoms with E-state index in [-0.39, 0.29) is 11.7 Å². The molecule has 16 heavy (non-hydrogen) atoms. The average Bonchev–Trinajstić information content (AvgIpc) is 2.68. The van der Waals surface area contributed by atoms with Crippen molar-refractivity contribution in [1.29, 1.82) is 0 Å². The minimum Gasteiger partial charge on any atom is -0.507 e. The molecule has 1 heterocycles. The molecule has 1 aromatic rings. The zero-order valence-electron chi connectivity index (χ0n) is 8.49. The van der Waals surface area contributed by atoms with E-state index in [4.69, 9.17) is 0 Å². The van der Waals surface area contributed by atoms with Gasteiger partial charge in [-0.1, -0.05) is 15.9 Å². The van der Waals surface area contributed by atoms with E-state index in [1.54, 1.807) is 17.0 Å². The molecular formula is C11H11Br2NO2. The lowest BCUT2D eigenvalue weighted by atomic mass is 10.2. The number of phenolic OH excluding ortho intramolecular Hbond substituents is 1. The Morgan fingerprint density at radius 1 is 1.50 bits per heavy atom. The average molecular weight is 349 g/mol. The van der Waals surface area contributed by atoms with Crippen molar-refractivity contribution in [3.05, 3.63) is 28.2 Å². The molecule has 1 unspecified atom stereocenters. The van der Waals surface area contributed by atoms with Gasteiger partial charge in [0.15, 0.2) is 0 Å². The second kappa shape index (κ2) is 4.75. The van der Waals surface area contributed by atoms with Crippen LogP contribution >= 0.6 is 31.9 Å². The number of hydrogen-bond acceptors (Lipinski definition) is 2. The fourth-order valence-electron chi connectivity index (χ4n) is 1.73. The maximum Gasteiger partial charge on any atom is 0.254 e. The van der Waals surface area contributed by atoms with Crippen LogP contribution in [0.5, 0.6) is 5.75 Å². The molecule has 1 aromatic carbocycles. The Kier molecular flexibility index (Phi) is 3.54. The summed E-state index contributed by atoms with van der Waals surface area (Å²) >= 11 is 6.68. The Balaban J connectivity index is 2.18. The maximum atomic E-state index is 12.0. The number of halogens is 2. The molecular weight excluding hydrogens is 338 g/mol. The number of aromatic hydroxyl groups is 1. The number of likely N-dealkylation sites (tertiary alicyclic amines) is 1.